The fourth-order valence-electron chi connectivity index (χ4n) is 1.81. The summed E-state index contributed by atoms with van der Waals surface area (Å²) in [5.41, 5.74) is 2.21. The molecular formula is C13H20N4O3S. The number of hydrazine groups is 1. The number of amides is 1. The second-order valence-corrected chi connectivity index (χ2v) is 5.86. The Morgan fingerprint density at radius 1 is 1.52 bits per heavy atom. The lowest BCUT2D eigenvalue weighted by molar-refractivity contribution is -0.384. The molecule has 4 N–H and O–H groups in total. The molecule has 0 bridgehead atoms. The van der Waals surface area contributed by atoms with Crippen LogP contribution in [0.4, 0.5) is 11.4 Å². The molecule has 116 valence electrons. The number of nitro benzene ring substituents is 1. The van der Waals surface area contributed by atoms with E-state index in [0.29, 0.717) is 0 Å². The molecule has 0 fully saturated rings. The van der Waals surface area contributed by atoms with Gasteiger partial charge in [-0.25, -0.2) is 0 Å². The van der Waals surface area contributed by atoms with Gasteiger partial charge in [-0.3, -0.25) is 20.8 Å². The number of nitro groups is 1. The first-order valence-corrected chi connectivity index (χ1v) is 7.79. The topological polar surface area (TPSA) is 110 Å². The van der Waals surface area contributed by atoms with E-state index in [2.05, 4.69) is 17.7 Å². The van der Waals surface area contributed by atoms with E-state index in [9.17, 15) is 14.9 Å². The van der Waals surface area contributed by atoms with Crippen molar-refractivity contribution in [2.24, 2.45) is 5.84 Å². The lowest BCUT2D eigenvalue weighted by Gasteiger charge is -2.15. The van der Waals surface area contributed by atoms with Crippen LogP contribution < -0.4 is 16.6 Å². The number of nitrogens with two attached hydrogens (primary N) is 1. The lowest BCUT2D eigenvalue weighted by atomic mass is 10.1. The molecular weight excluding hydrogens is 292 g/mol. The monoisotopic (exact) mass is 312 g/mol. The molecule has 8 heteroatoms. The third kappa shape index (κ3) is 4.91. The highest BCUT2D eigenvalue weighted by molar-refractivity contribution is 7.99. The molecule has 0 aliphatic carbocycles. The summed E-state index contributed by atoms with van der Waals surface area (Å²) in [5, 5.41) is 13.8. The van der Waals surface area contributed by atoms with Crippen LogP contribution in [0.1, 0.15) is 30.6 Å². The number of hydrogen-bond acceptors (Lipinski definition) is 6. The van der Waals surface area contributed by atoms with Gasteiger partial charge in [0.1, 0.15) is 5.69 Å². The van der Waals surface area contributed by atoms with Gasteiger partial charge in [-0.1, -0.05) is 13.0 Å². The molecule has 0 aromatic heterocycles. The maximum absolute atomic E-state index is 12.2. The van der Waals surface area contributed by atoms with Crippen LogP contribution in [0.2, 0.25) is 0 Å². The van der Waals surface area contributed by atoms with E-state index in [0.717, 1.165) is 17.9 Å². The zero-order chi connectivity index (χ0) is 15.8. The van der Waals surface area contributed by atoms with Crippen molar-refractivity contribution >= 4 is 29.0 Å². The number of nitrogen functional groups attached to an aromatic ring is 1. The Hall–Kier alpha value is -1.80. The minimum absolute atomic E-state index is 0.0126. The molecule has 7 nitrogen and oxygen atoms in total. The number of rotatable bonds is 8. The molecule has 1 aromatic carbocycles. The molecule has 1 atom stereocenters. The van der Waals surface area contributed by atoms with Crippen molar-refractivity contribution in [3.63, 3.8) is 0 Å². The molecule has 0 saturated heterocycles. The highest BCUT2D eigenvalue weighted by Crippen LogP contribution is 2.27. The van der Waals surface area contributed by atoms with Crippen LogP contribution in [0.25, 0.3) is 0 Å². The van der Waals surface area contributed by atoms with Gasteiger partial charge in [0.2, 0.25) is 0 Å². The van der Waals surface area contributed by atoms with E-state index in [1.807, 2.05) is 6.92 Å². The van der Waals surface area contributed by atoms with Gasteiger partial charge in [0.05, 0.1) is 10.5 Å². The molecule has 0 spiro atoms. The van der Waals surface area contributed by atoms with E-state index in [-0.39, 0.29) is 28.9 Å². The summed E-state index contributed by atoms with van der Waals surface area (Å²) in [6.07, 6.45) is 0.838. The minimum Gasteiger partial charge on any atom is -0.349 e. The van der Waals surface area contributed by atoms with Gasteiger partial charge in [0, 0.05) is 12.1 Å². The average Bonchev–Trinajstić information content (AvgIpc) is 2.46. The fourth-order valence-corrected chi connectivity index (χ4v) is 2.62. The predicted octanol–water partition coefficient (Wildman–Crippen LogP) is 2.14. The Morgan fingerprint density at radius 3 is 2.81 bits per heavy atom. The number of anilines is 1. The lowest BCUT2D eigenvalue weighted by Crippen LogP contribution is -2.33. The third-order valence-electron chi connectivity index (χ3n) is 2.90. The second-order valence-electron chi connectivity index (χ2n) is 4.46. The number of carbonyl (C=O) groups excluding carboxylic acids is 1. The van der Waals surface area contributed by atoms with Crippen molar-refractivity contribution in [1.29, 1.82) is 0 Å². The molecule has 21 heavy (non-hydrogen) atoms. The zero-order valence-electron chi connectivity index (χ0n) is 12.1. The molecule has 0 aliphatic heterocycles. The van der Waals surface area contributed by atoms with Crippen molar-refractivity contribution in [3.05, 3.63) is 33.9 Å². The first-order chi connectivity index (χ1) is 10.0. The molecule has 1 aromatic rings. The van der Waals surface area contributed by atoms with Crippen LogP contribution in [0, 0.1) is 10.1 Å². The molecule has 0 radical (unpaired) electrons. The SMILES string of the molecule is CCSCCC(C)NC(=O)c1cccc([N+](=O)[O-])c1NN. The summed E-state index contributed by atoms with van der Waals surface area (Å²) in [4.78, 5) is 22.6. The quantitative estimate of drug-likeness (QED) is 0.293. The van der Waals surface area contributed by atoms with E-state index in [1.165, 1.54) is 18.2 Å². The van der Waals surface area contributed by atoms with Crippen LogP contribution in [-0.2, 0) is 0 Å². The molecule has 1 unspecified atom stereocenters. The summed E-state index contributed by atoms with van der Waals surface area (Å²) in [6, 6.07) is 4.26. The number of thioether (sulfide) groups is 1. The Labute approximate surface area is 127 Å². The highest BCUT2D eigenvalue weighted by atomic mass is 32.2. The zero-order valence-corrected chi connectivity index (χ0v) is 12.9. The Morgan fingerprint density at radius 2 is 2.24 bits per heavy atom. The average molecular weight is 312 g/mol. The molecule has 0 saturated carbocycles. The first-order valence-electron chi connectivity index (χ1n) is 6.63. The number of nitrogens with zero attached hydrogens (tertiary/aromatic N) is 1. The van der Waals surface area contributed by atoms with Gasteiger partial charge in [-0.05, 0) is 30.9 Å². The summed E-state index contributed by atoms with van der Waals surface area (Å²) in [6.45, 7) is 3.98. The maximum Gasteiger partial charge on any atom is 0.294 e. The van der Waals surface area contributed by atoms with Crippen molar-refractivity contribution < 1.29 is 9.72 Å². The Kier molecular flexibility index (Phi) is 6.97. The Balaban J connectivity index is 2.82. The summed E-state index contributed by atoms with van der Waals surface area (Å²) in [7, 11) is 0. The standard InChI is InChI=1S/C13H20N4O3S/c1-3-21-8-7-9(2)15-13(18)10-5-4-6-11(17(19)20)12(10)16-14/h4-6,9,16H,3,7-8,14H2,1-2H3,(H,15,18). The number of carbonyl (C=O) groups is 1. The fraction of sp³-hybridized carbons (Fsp3) is 0.462. The van der Waals surface area contributed by atoms with Crippen molar-refractivity contribution in [2.75, 3.05) is 16.9 Å². The van der Waals surface area contributed by atoms with Crippen LogP contribution in [0.5, 0.6) is 0 Å². The maximum atomic E-state index is 12.2. The van der Waals surface area contributed by atoms with Gasteiger partial charge in [-0.15, -0.1) is 0 Å². The number of hydrogen-bond donors (Lipinski definition) is 3. The van der Waals surface area contributed by atoms with Crippen molar-refractivity contribution in [3.8, 4) is 0 Å². The summed E-state index contributed by atoms with van der Waals surface area (Å²) in [5.74, 6) is 6.93. The number of para-hydroxylation sites is 1. The van der Waals surface area contributed by atoms with Gasteiger partial charge in [-0.2, -0.15) is 11.8 Å². The summed E-state index contributed by atoms with van der Waals surface area (Å²) >= 11 is 1.80. The normalized spacial score (nSPS) is 11.8. The summed E-state index contributed by atoms with van der Waals surface area (Å²) < 4.78 is 0. The van der Waals surface area contributed by atoms with Crippen LogP contribution in [0.3, 0.4) is 0 Å². The van der Waals surface area contributed by atoms with E-state index in [4.69, 9.17) is 5.84 Å². The van der Waals surface area contributed by atoms with Gasteiger partial charge >= 0.3 is 0 Å². The molecule has 0 aliphatic rings. The van der Waals surface area contributed by atoms with Gasteiger partial charge in [0.25, 0.3) is 11.6 Å². The Bertz CT molecular complexity index is 510. The molecule has 1 rings (SSSR count). The van der Waals surface area contributed by atoms with Crippen LogP contribution in [0.15, 0.2) is 18.2 Å². The van der Waals surface area contributed by atoms with Gasteiger partial charge < -0.3 is 10.7 Å². The molecule has 1 amide bonds. The van der Waals surface area contributed by atoms with E-state index < -0.39 is 4.92 Å². The van der Waals surface area contributed by atoms with Crippen LogP contribution >= 0.6 is 11.8 Å². The van der Waals surface area contributed by atoms with Crippen molar-refractivity contribution in [2.45, 2.75) is 26.3 Å². The van der Waals surface area contributed by atoms with Crippen molar-refractivity contribution in [1.82, 2.24) is 5.32 Å². The first kappa shape index (κ1) is 17.3. The predicted molar refractivity (Wildman–Crippen MR) is 85.5 cm³/mol. The third-order valence-corrected chi connectivity index (χ3v) is 3.84. The van der Waals surface area contributed by atoms with Gasteiger partial charge in [0.15, 0.2) is 0 Å². The van der Waals surface area contributed by atoms with E-state index in [1.54, 1.807) is 11.8 Å². The van der Waals surface area contributed by atoms with Crippen LogP contribution in [-0.4, -0.2) is 28.4 Å². The minimum atomic E-state index is -0.576. The smallest absolute Gasteiger partial charge is 0.294 e. The largest absolute Gasteiger partial charge is 0.349 e. The molecule has 0 heterocycles. The number of nitrogens with one attached hydrogen (secondary N) is 2. The van der Waals surface area contributed by atoms with E-state index >= 15 is 0 Å². The second kappa shape index (κ2) is 8.48. The highest BCUT2D eigenvalue weighted by Gasteiger charge is 2.21. The number of benzene rings is 1.